The quantitative estimate of drug-likeness (QED) is 0.861. The van der Waals surface area contributed by atoms with E-state index in [4.69, 9.17) is 28.3 Å². The summed E-state index contributed by atoms with van der Waals surface area (Å²) in [5.74, 6) is -1.33. The van der Waals surface area contributed by atoms with Crippen LogP contribution < -0.4 is 4.31 Å². The molecule has 0 bridgehead atoms. The molecule has 2 aromatic carbocycles. The lowest BCUT2D eigenvalue weighted by molar-refractivity contribution is 0.0697. The van der Waals surface area contributed by atoms with Crippen molar-refractivity contribution in [1.82, 2.24) is 0 Å². The molecule has 1 N–H and O–H groups in total. The number of nitrogens with zero attached hydrogens (tertiary/aromatic N) is 1. The average molecular weight is 374 g/mol. The molecule has 8 heteroatoms. The van der Waals surface area contributed by atoms with E-state index in [2.05, 4.69) is 0 Å². The van der Waals surface area contributed by atoms with Crippen molar-refractivity contribution in [3.05, 3.63) is 58.1 Å². The molecule has 0 aliphatic rings. The molecule has 23 heavy (non-hydrogen) atoms. The van der Waals surface area contributed by atoms with Gasteiger partial charge in [-0.25, -0.2) is 13.2 Å². The normalized spacial score (nSPS) is 11.3. The highest BCUT2D eigenvalue weighted by Gasteiger charge is 2.28. The molecule has 0 aliphatic heterocycles. The van der Waals surface area contributed by atoms with Crippen molar-refractivity contribution < 1.29 is 18.3 Å². The predicted molar refractivity (Wildman–Crippen MR) is 90.1 cm³/mol. The van der Waals surface area contributed by atoms with Crippen molar-refractivity contribution in [2.24, 2.45) is 0 Å². The van der Waals surface area contributed by atoms with Crippen LogP contribution in [-0.2, 0) is 10.0 Å². The number of halogens is 2. The average Bonchev–Trinajstić information content (AvgIpc) is 2.48. The summed E-state index contributed by atoms with van der Waals surface area (Å²) >= 11 is 11.8. The summed E-state index contributed by atoms with van der Waals surface area (Å²) in [5, 5.41) is 8.87. The lowest BCUT2D eigenvalue weighted by Gasteiger charge is -2.23. The van der Waals surface area contributed by atoms with Gasteiger partial charge in [0.1, 0.15) is 4.90 Å². The minimum absolute atomic E-state index is 0.121. The van der Waals surface area contributed by atoms with Gasteiger partial charge in [-0.3, -0.25) is 4.31 Å². The lowest BCUT2D eigenvalue weighted by Crippen LogP contribution is -2.31. The van der Waals surface area contributed by atoms with Crippen molar-refractivity contribution in [1.29, 1.82) is 0 Å². The fraction of sp³-hybridized carbons (Fsp3) is 0.133. The summed E-state index contributed by atoms with van der Waals surface area (Å²) in [6, 6.07) is 10.6. The summed E-state index contributed by atoms with van der Waals surface area (Å²) < 4.78 is 26.9. The summed E-state index contributed by atoms with van der Waals surface area (Å²) in [7, 11) is -4.03. The van der Waals surface area contributed by atoms with Gasteiger partial charge in [0, 0.05) is 6.54 Å². The molecule has 122 valence electrons. The molecule has 0 saturated carbocycles. The molecular formula is C15H13Cl2NO4S. The first kappa shape index (κ1) is 17.6. The molecule has 2 aromatic rings. The maximum atomic E-state index is 12.9. The topological polar surface area (TPSA) is 74.7 Å². The summed E-state index contributed by atoms with van der Waals surface area (Å²) in [5.41, 5.74) is 0.136. The van der Waals surface area contributed by atoms with E-state index >= 15 is 0 Å². The van der Waals surface area contributed by atoms with Crippen LogP contribution in [0.5, 0.6) is 0 Å². The van der Waals surface area contributed by atoms with Crippen LogP contribution in [0.4, 0.5) is 5.69 Å². The molecule has 0 aliphatic carbocycles. The second-order valence-corrected chi connectivity index (χ2v) is 7.22. The van der Waals surface area contributed by atoms with Crippen LogP contribution in [0.25, 0.3) is 0 Å². The van der Waals surface area contributed by atoms with Crippen LogP contribution in [0.3, 0.4) is 0 Å². The first-order valence-electron chi connectivity index (χ1n) is 6.59. The zero-order chi connectivity index (χ0) is 17.2. The van der Waals surface area contributed by atoms with E-state index in [1.165, 1.54) is 0 Å². The third-order valence-corrected chi connectivity index (χ3v) is 5.83. The van der Waals surface area contributed by atoms with Gasteiger partial charge >= 0.3 is 5.97 Å². The SMILES string of the molecule is CCN(c1ccccc1)S(=O)(=O)c1cc(C(=O)O)c(Cl)cc1Cl. The molecule has 0 spiro atoms. The van der Waals surface area contributed by atoms with Crippen molar-refractivity contribution in [2.45, 2.75) is 11.8 Å². The number of rotatable bonds is 5. The second kappa shape index (κ2) is 6.78. The van der Waals surface area contributed by atoms with E-state index in [0.717, 1.165) is 16.4 Å². The molecule has 0 amide bonds. The Bertz CT molecular complexity index is 838. The van der Waals surface area contributed by atoms with Gasteiger partial charge in [0.15, 0.2) is 0 Å². The Labute approximate surface area is 144 Å². The number of benzene rings is 2. The first-order chi connectivity index (χ1) is 10.8. The standard InChI is InChI=1S/C15H13Cl2NO4S/c1-2-18(10-6-4-3-5-7-10)23(21,22)14-8-11(15(19)20)12(16)9-13(14)17/h3-9H,2H2,1H3,(H,19,20). The number of hydrogen-bond donors (Lipinski definition) is 1. The van der Waals surface area contributed by atoms with Crippen LogP contribution >= 0.6 is 23.2 Å². The summed E-state index contributed by atoms with van der Waals surface area (Å²) in [4.78, 5) is 10.9. The van der Waals surface area contributed by atoms with Crippen LogP contribution in [0.15, 0.2) is 47.4 Å². The number of aromatic carboxylic acids is 1. The number of para-hydroxylation sites is 1. The third-order valence-electron chi connectivity index (χ3n) is 3.15. The first-order valence-corrected chi connectivity index (χ1v) is 8.78. The maximum absolute atomic E-state index is 12.9. The van der Waals surface area contributed by atoms with Crippen LogP contribution in [-0.4, -0.2) is 26.0 Å². The van der Waals surface area contributed by atoms with Crippen LogP contribution in [0.1, 0.15) is 17.3 Å². The van der Waals surface area contributed by atoms with Gasteiger partial charge in [-0.1, -0.05) is 41.4 Å². The maximum Gasteiger partial charge on any atom is 0.337 e. The molecule has 0 unspecified atom stereocenters. The third kappa shape index (κ3) is 3.44. The molecule has 0 atom stereocenters. The van der Waals surface area contributed by atoms with E-state index < -0.39 is 16.0 Å². The molecular weight excluding hydrogens is 361 g/mol. The molecule has 0 radical (unpaired) electrons. The van der Waals surface area contributed by atoms with Crippen molar-refractivity contribution in [3.8, 4) is 0 Å². The number of anilines is 1. The Kier molecular flexibility index (Phi) is 5.19. The Morgan fingerprint density at radius 3 is 2.26 bits per heavy atom. The molecule has 5 nitrogen and oxygen atoms in total. The number of sulfonamides is 1. The largest absolute Gasteiger partial charge is 0.478 e. The van der Waals surface area contributed by atoms with Gasteiger partial charge < -0.3 is 5.11 Å². The molecule has 0 aromatic heterocycles. The van der Waals surface area contributed by atoms with Crippen LogP contribution in [0, 0.1) is 0 Å². The van der Waals surface area contributed by atoms with E-state index in [9.17, 15) is 13.2 Å². The van der Waals surface area contributed by atoms with Crippen LogP contribution in [0.2, 0.25) is 10.0 Å². The zero-order valence-corrected chi connectivity index (χ0v) is 14.4. The van der Waals surface area contributed by atoms with E-state index in [-0.39, 0.29) is 27.0 Å². The van der Waals surface area contributed by atoms with E-state index in [1.807, 2.05) is 0 Å². The number of carboxylic acid groups (broad SMARTS) is 1. The predicted octanol–water partition coefficient (Wildman–Crippen LogP) is 3.91. The molecule has 0 heterocycles. The Morgan fingerprint density at radius 1 is 1.13 bits per heavy atom. The molecule has 0 saturated heterocycles. The Morgan fingerprint density at radius 2 is 1.74 bits per heavy atom. The number of hydrogen-bond acceptors (Lipinski definition) is 3. The van der Waals surface area contributed by atoms with Gasteiger partial charge in [0.2, 0.25) is 0 Å². The van der Waals surface area contributed by atoms with Gasteiger partial charge in [-0.2, -0.15) is 0 Å². The fourth-order valence-corrected chi connectivity index (χ4v) is 4.40. The van der Waals surface area contributed by atoms with Gasteiger partial charge in [-0.15, -0.1) is 0 Å². The minimum atomic E-state index is -4.03. The highest BCUT2D eigenvalue weighted by Crippen LogP contribution is 2.32. The monoisotopic (exact) mass is 373 g/mol. The van der Waals surface area contributed by atoms with Crippen molar-refractivity contribution in [3.63, 3.8) is 0 Å². The highest BCUT2D eigenvalue weighted by molar-refractivity contribution is 7.93. The second-order valence-electron chi connectivity index (χ2n) is 4.57. The summed E-state index contributed by atoms with van der Waals surface area (Å²) in [6.45, 7) is 1.83. The van der Waals surface area contributed by atoms with Crippen molar-refractivity contribution >= 4 is 44.9 Å². The lowest BCUT2D eigenvalue weighted by atomic mass is 10.2. The van der Waals surface area contributed by atoms with E-state index in [1.54, 1.807) is 37.3 Å². The molecule has 0 fully saturated rings. The van der Waals surface area contributed by atoms with Gasteiger partial charge in [0.05, 0.1) is 21.3 Å². The molecule has 2 rings (SSSR count). The summed E-state index contributed by atoms with van der Waals surface area (Å²) in [6.07, 6.45) is 0. The smallest absolute Gasteiger partial charge is 0.337 e. The Balaban J connectivity index is 2.63. The van der Waals surface area contributed by atoms with Crippen molar-refractivity contribution in [2.75, 3.05) is 10.8 Å². The number of carbonyl (C=O) groups is 1. The van der Waals surface area contributed by atoms with Gasteiger partial charge in [0.25, 0.3) is 10.0 Å². The minimum Gasteiger partial charge on any atom is -0.478 e. The highest BCUT2D eigenvalue weighted by atomic mass is 35.5. The van der Waals surface area contributed by atoms with E-state index in [0.29, 0.717) is 5.69 Å². The zero-order valence-electron chi connectivity index (χ0n) is 12.0. The fourth-order valence-electron chi connectivity index (χ4n) is 2.09. The van der Waals surface area contributed by atoms with Gasteiger partial charge in [-0.05, 0) is 31.2 Å². The Hall–Kier alpha value is -1.76. The number of carboxylic acids is 1.